The summed E-state index contributed by atoms with van der Waals surface area (Å²) in [5.74, 6) is -2.41. The molecule has 1 amide bonds. The van der Waals surface area contributed by atoms with Crippen LogP contribution < -0.4 is 5.32 Å². The van der Waals surface area contributed by atoms with Crippen LogP contribution in [0.3, 0.4) is 0 Å². The van der Waals surface area contributed by atoms with E-state index in [1.165, 1.54) is 6.07 Å². The number of hydrogen-bond donors (Lipinski definition) is 1. The molecule has 8 heteroatoms. The van der Waals surface area contributed by atoms with E-state index < -0.39 is 33.7 Å². The molecule has 0 aliphatic heterocycles. The SMILES string of the molecule is O=C(Nc1ccc(F)cn1)c1cc([N+](=O)[O-])ccc1F. The molecule has 0 radical (unpaired) electrons. The van der Waals surface area contributed by atoms with Crippen molar-refractivity contribution in [3.05, 3.63) is 63.8 Å². The van der Waals surface area contributed by atoms with Crippen LogP contribution in [-0.4, -0.2) is 15.8 Å². The maximum atomic E-state index is 13.5. The van der Waals surface area contributed by atoms with Crippen LogP contribution in [-0.2, 0) is 0 Å². The lowest BCUT2D eigenvalue weighted by Gasteiger charge is -2.05. The molecule has 1 N–H and O–H groups in total. The third kappa shape index (κ3) is 2.91. The van der Waals surface area contributed by atoms with Crippen molar-refractivity contribution in [2.24, 2.45) is 0 Å². The maximum Gasteiger partial charge on any atom is 0.270 e. The molecule has 0 aliphatic rings. The first-order chi connectivity index (χ1) is 9.47. The molecule has 0 bridgehead atoms. The Balaban J connectivity index is 2.26. The molecular weight excluding hydrogens is 272 g/mol. The topological polar surface area (TPSA) is 85.1 Å². The lowest BCUT2D eigenvalue weighted by Crippen LogP contribution is -2.15. The van der Waals surface area contributed by atoms with Crippen LogP contribution >= 0.6 is 0 Å². The Morgan fingerprint density at radius 3 is 2.60 bits per heavy atom. The molecule has 20 heavy (non-hydrogen) atoms. The molecule has 1 aromatic heterocycles. The van der Waals surface area contributed by atoms with Gasteiger partial charge in [0.2, 0.25) is 0 Å². The van der Waals surface area contributed by atoms with Gasteiger partial charge in [-0.25, -0.2) is 13.8 Å². The van der Waals surface area contributed by atoms with Crippen LogP contribution in [0.1, 0.15) is 10.4 Å². The van der Waals surface area contributed by atoms with E-state index in [0.29, 0.717) is 0 Å². The summed E-state index contributed by atoms with van der Waals surface area (Å²) < 4.78 is 26.1. The van der Waals surface area contributed by atoms with Gasteiger partial charge in [0.15, 0.2) is 0 Å². The summed E-state index contributed by atoms with van der Waals surface area (Å²) in [6.07, 6.45) is 0.874. The van der Waals surface area contributed by atoms with E-state index in [9.17, 15) is 23.7 Å². The number of benzene rings is 1. The van der Waals surface area contributed by atoms with E-state index >= 15 is 0 Å². The zero-order valence-corrected chi connectivity index (χ0v) is 9.84. The zero-order valence-electron chi connectivity index (χ0n) is 9.84. The number of hydrogen-bond acceptors (Lipinski definition) is 4. The first-order valence-electron chi connectivity index (χ1n) is 5.34. The van der Waals surface area contributed by atoms with E-state index in [2.05, 4.69) is 10.3 Å². The number of aromatic nitrogens is 1. The van der Waals surface area contributed by atoms with Crippen LogP contribution in [0.5, 0.6) is 0 Å². The molecule has 2 aromatic rings. The maximum absolute atomic E-state index is 13.5. The Labute approximate surface area is 111 Å². The number of anilines is 1. The summed E-state index contributed by atoms with van der Waals surface area (Å²) >= 11 is 0. The van der Waals surface area contributed by atoms with Gasteiger partial charge < -0.3 is 5.32 Å². The molecule has 0 saturated carbocycles. The Hall–Kier alpha value is -2.90. The largest absolute Gasteiger partial charge is 0.306 e. The minimum Gasteiger partial charge on any atom is -0.306 e. The van der Waals surface area contributed by atoms with Gasteiger partial charge in [0.1, 0.15) is 17.5 Å². The minimum absolute atomic E-state index is 0.00214. The van der Waals surface area contributed by atoms with Crippen molar-refractivity contribution < 1.29 is 18.5 Å². The Morgan fingerprint density at radius 1 is 1.25 bits per heavy atom. The van der Waals surface area contributed by atoms with Gasteiger partial charge >= 0.3 is 0 Å². The fourth-order valence-electron chi connectivity index (χ4n) is 1.43. The summed E-state index contributed by atoms with van der Waals surface area (Å²) in [5, 5.41) is 12.8. The van der Waals surface area contributed by atoms with Crippen LogP contribution in [0.2, 0.25) is 0 Å². The van der Waals surface area contributed by atoms with Gasteiger partial charge in [-0.15, -0.1) is 0 Å². The highest BCUT2D eigenvalue weighted by molar-refractivity contribution is 6.04. The zero-order chi connectivity index (χ0) is 14.7. The molecule has 1 heterocycles. The number of non-ortho nitro benzene ring substituents is 1. The Morgan fingerprint density at radius 2 is 2.00 bits per heavy atom. The molecule has 2 rings (SSSR count). The van der Waals surface area contributed by atoms with Gasteiger partial charge in [-0.1, -0.05) is 0 Å². The van der Waals surface area contributed by atoms with E-state index in [4.69, 9.17) is 0 Å². The minimum atomic E-state index is -0.912. The molecule has 0 unspecified atom stereocenters. The van der Waals surface area contributed by atoms with E-state index in [1.54, 1.807) is 0 Å². The van der Waals surface area contributed by atoms with Crippen LogP contribution in [0.25, 0.3) is 0 Å². The lowest BCUT2D eigenvalue weighted by molar-refractivity contribution is -0.384. The number of nitrogens with zero attached hydrogens (tertiary/aromatic N) is 2. The summed E-state index contributed by atoms with van der Waals surface area (Å²) in [6, 6.07) is 4.83. The third-order valence-electron chi connectivity index (χ3n) is 2.37. The predicted octanol–water partition coefficient (Wildman–Crippen LogP) is 2.52. The van der Waals surface area contributed by atoms with Crippen LogP contribution in [0.15, 0.2) is 36.5 Å². The number of carbonyl (C=O) groups is 1. The van der Waals surface area contributed by atoms with E-state index in [0.717, 1.165) is 30.5 Å². The Kier molecular flexibility index (Phi) is 3.65. The lowest BCUT2D eigenvalue weighted by atomic mass is 10.1. The molecule has 6 nitrogen and oxygen atoms in total. The molecule has 0 atom stereocenters. The van der Waals surface area contributed by atoms with Gasteiger partial charge in [0.05, 0.1) is 16.7 Å². The number of nitro groups is 1. The van der Waals surface area contributed by atoms with Gasteiger partial charge in [-0.05, 0) is 18.2 Å². The van der Waals surface area contributed by atoms with Gasteiger partial charge in [0, 0.05) is 12.1 Å². The van der Waals surface area contributed by atoms with Crippen molar-refractivity contribution in [3.63, 3.8) is 0 Å². The summed E-state index contributed by atoms with van der Waals surface area (Å²) in [6.45, 7) is 0. The second-order valence-corrected chi connectivity index (χ2v) is 3.74. The summed E-state index contributed by atoms with van der Waals surface area (Å²) in [5.41, 5.74) is -0.908. The van der Waals surface area contributed by atoms with Gasteiger partial charge in [-0.3, -0.25) is 14.9 Å². The molecule has 0 aliphatic carbocycles. The number of nitrogens with one attached hydrogen (secondary N) is 1. The average Bonchev–Trinajstić information content (AvgIpc) is 2.41. The van der Waals surface area contributed by atoms with E-state index in [-0.39, 0.29) is 5.82 Å². The van der Waals surface area contributed by atoms with Crippen LogP contribution in [0, 0.1) is 21.7 Å². The van der Waals surface area contributed by atoms with Crippen molar-refractivity contribution in [1.82, 2.24) is 4.98 Å². The van der Waals surface area contributed by atoms with Crippen molar-refractivity contribution in [1.29, 1.82) is 0 Å². The Bertz CT molecular complexity index is 674. The smallest absolute Gasteiger partial charge is 0.270 e. The summed E-state index contributed by atoms with van der Waals surface area (Å²) in [7, 11) is 0. The second-order valence-electron chi connectivity index (χ2n) is 3.74. The van der Waals surface area contributed by atoms with Crippen molar-refractivity contribution in [3.8, 4) is 0 Å². The average molecular weight is 279 g/mol. The normalized spacial score (nSPS) is 10.1. The van der Waals surface area contributed by atoms with Crippen molar-refractivity contribution in [2.75, 3.05) is 5.32 Å². The summed E-state index contributed by atoms with van der Waals surface area (Å²) in [4.78, 5) is 25.2. The first-order valence-corrected chi connectivity index (χ1v) is 5.34. The fourth-order valence-corrected chi connectivity index (χ4v) is 1.43. The first kappa shape index (κ1) is 13.5. The molecular formula is C12H7F2N3O3. The number of amides is 1. The monoisotopic (exact) mass is 279 g/mol. The van der Waals surface area contributed by atoms with Gasteiger partial charge in [-0.2, -0.15) is 0 Å². The molecule has 0 saturated heterocycles. The molecule has 0 fully saturated rings. The highest BCUT2D eigenvalue weighted by Gasteiger charge is 2.17. The number of carbonyl (C=O) groups excluding carboxylic acids is 1. The van der Waals surface area contributed by atoms with Gasteiger partial charge in [0.25, 0.3) is 11.6 Å². The molecule has 102 valence electrons. The fraction of sp³-hybridized carbons (Fsp3) is 0. The quantitative estimate of drug-likeness (QED) is 0.691. The number of pyridine rings is 1. The predicted molar refractivity (Wildman–Crippen MR) is 65.2 cm³/mol. The van der Waals surface area contributed by atoms with Crippen LogP contribution in [0.4, 0.5) is 20.3 Å². The molecule has 1 aromatic carbocycles. The third-order valence-corrected chi connectivity index (χ3v) is 2.37. The van der Waals surface area contributed by atoms with Crippen molar-refractivity contribution in [2.45, 2.75) is 0 Å². The molecule has 0 spiro atoms. The number of halogens is 2. The van der Waals surface area contributed by atoms with Crippen molar-refractivity contribution >= 4 is 17.4 Å². The standard InChI is InChI=1S/C12H7F2N3O3/c13-7-1-4-11(15-6-7)16-12(18)9-5-8(17(19)20)2-3-10(9)14/h1-6H,(H,15,16,18). The number of nitro benzene ring substituents is 1. The highest BCUT2D eigenvalue weighted by Crippen LogP contribution is 2.18. The number of rotatable bonds is 3. The highest BCUT2D eigenvalue weighted by atomic mass is 19.1. The second kappa shape index (κ2) is 5.39. The van der Waals surface area contributed by atoms with E-state index in [1.807, 2.05) is 0 Å².